The molecular formula is C39H27NS. The van der Waals surface area contributed by atoms with Crippen LogP contribution in [0.5, 0.6) is 0 Å². The molecule has 0 unspecified atom stereocenters. The van der Waals surface area contributed by atoms with Crippen molar-refractivity contribution in [3.05, 3.63) is 139 Å². The summed E-state index contributed by atoms with van der Waals surface area (Å²) in [6, 6.07) is 47.2. The van der Waals surface area contributed by atoms with Crippen molar-refractivity contribution in [3.8, 4) is 27.9 Å². The maximum absolute atomic E-state index is 2.47. The summed E-state index contributed by atoms with van der Waals surface area (Å²) in [6.07, 6.45) is 0. The minimum absolute atomic E-state index is 0.0914. The van der Waals surface area contributed by atoms with Crippen LogP contribution in [0.1, 0.15) is 25.0 Å². The average Bonchev–Trinajstić information content (AvgIpc) is 3.62. The molecule has 1 aliphatic carbocycles. The fourth-order valence-electron chi connectivity index (χ4n) is 7.14. The van der Waals surface area contributed by atoms with Crippen molar-refractivity contribution in [2.45, 2.75) is 19.3 Å². The maximum atomic E-state index is 2.47. The third-order valence-corrected chi connectivity index (χ3v) is 10.3. The Bertz CT molecular complexity index is 2330. The first-order valence-electron chi connectivity index (χ1n) is 14.3. The Kier molecular flexibility index (Phi) is 4.61. The summed E-state index contributed by atoms with van der Waals surface area (Å²) in [7, 11) is 0. The summed E-state index contributed by atoms with van der Waals surface area (Å²) in [5.74, 6) is 0. The van der Waals surface area contributed by atoms with E-state index in [9.17, 15) is 0 Å². The number of para-hydroxylation sites is 1. The Balaban J connectivity index is 1.28. The first kappa shape index (κ1) is 23.1. The normalized spacial score (nSPS) is 13.8. The first-order valence-corrected chi connectivity index (χ1v) is 15.1. The third kappa shape index (κ3) is 3.17. The number of hydrogen-bond acceptors (Lipinski definition) is 1. The van der Waals surface area contributed by atoms with Gasteiger partial charge in [-0.1, -0.05) is 98.8 Å². The highest BCUT2D eigenvalue weighted by Crippen LogP contribution is 2.52. The van der Waals surface area contributed by atoms with Crippen LogP contribution in [-0.4, -0.2) is 4.57 Å². The molecule has 0 amide bonds. The summed E-state index contributed by atoms with van der Waals surface area (Å²) in [5.41, 5.74) is 11.7. The van der Waals surface area contributed by atoms with Crippen molar-refractivity contribution in [1.82, 2.24) is 4.57 Å². The van der Waals surface area contributed by atoms with Crippen LogP contribution < -0.4 is 0 Å². The second-order valence-corrected chi connectivity index (χ2v) is 12.9. The van der Waals surface area contributed by atoms with Gasteiger partial charge in [-0.3, -0.25) is 0 Å². The highest BCUT2D eigenvalue weighted by molar-refractivity contribution is 7.25. The third-order valence-electron chi connectivity index (χ3n) is 9.20. The van der Waals surface area contributed by atoms with E-state index in [1.807, 2.05) is 11.3 Å². The quantitative estimate of drug-likeness (QED) is 0.205. The van der Waals surface area contributed by atoms with E-state index in [1.165, 1.54) is 81.0 Å². The molecular weight excluding hydrogens is 515 g/mol. The van der Waals surface area contributed by atoms with Crippen LogP contribution in [0.3, 0.4) is 0 Å². The molecule has 2 heteroatoms. The van der Waals surface area contributed by atoms with Gasteiger partial charge < -0.3 is 4.57 Å². The minimum Gasteiger partial charge on any atom is -0.309 e. The molecule has 1 aliphatic rings. The highest BCUT2D eigenvalue weighted by Gasteiger charge is 2.36. The van der Waals surface area contributed by atoms with Crippen molar-refractivity contribution in [1.29, 1.82) is 0 Å². The van der Waals surface area contributed by atoms with Crippen LogP contribution in [0, 0.1) is 0 Å². The van der Waals surface area contributed by atoms with Crippen molar-refractivity contribution in [2.75, 3.05) is 0 Å². The lowest BCUT2D eigenvalue weighted by molar-refractivity contribution is 0.661. The number of benzene rings is 6. The van der Waals surface area contributed by atoms with Crippen LogP contribution in [0.25, 0.3) is 69.9 Å². The van der Waals surface area contributed by atoms with Gasteiger partial charge in [0, 0.05) is 42.0 Å². The van der Waals surface area contributed by atoms with Gasteiger partial charge in [0.15, 0.2) is 0 Å². The fourth-order valence-corrected chi connectivity index (χ4v) is 8.27. The van der Waals surface area contributed by atoms with Crippen LogP contribution >= 0.6 is 11.3 Å². The highest BCUT2D eigenvalue weighted by atomic mass is 32.1. The van der Waals surface area contributed by atoms with E-state index in [-0.39, 0.29) is 5.41 Å². The molecule has 0 saturated carbocycles. The second kappa shape index (κ2) is 8.19. The van der Waals surface area contributed by atoms with Gasteiger partial charge in [0.05, 0.1) is 11.0 Å². The Hall–Kier alpha value is -4.66. The zero-order chi connectivity index (χ0) is 27.3. The molecule has 1 nitrogen and oxygen atoms in total. The number of thiophene rings is 1. The number of aromatic nitrogens is 1. The smallest absolute Gasteiger partial charge is 0.0547 e. The Morgan fingerprint density at radius 1 is 0.488 bits per heavy atom. The number of nitrogens with zero attached hydrogens (tertiary/aromatic N) is 1. The standard InChI is InChI=1S/C39H27NS/c1-39(2)33-21-26(17-19-27(33)31-23-38-32(22-34(31)39)30-13-7-9-15-37(30)41-38)40-35-14-8-6-12-28(35)29-18-16-25(20-36(29)40)24-10-4-3-5-11-24/h3-23H,1-2H3. The van der Waals surface area contributed by atoms with E-state index in [4.69, 9.17) is 0 Å². The molecule has 8 aromatic rings. The molecule has 0 radical (unpaired) electrons. The van der Waals surface area contributed by atoms with E-state index >= 15 is 0 Å². The van der Waals surface area contributed by atoms with Crippen LogP contribution in [-0.2, 0) is 5.41 Å². The van der Waals surface area contributed by atoms with E-state index in [1.54, 1.807) is 0 Å². The monoisotopic (exact) mass is 541 g/mol. The van der Waals surface area contributed by atoms with Gasteiger partial charge in [-0.2, -0.15) is 0 Å². The molecule has 0 fully saturated rings. The largest absolute Gasteiger partial charge is 0.309 e. The van der Waals surface area contributed by atoms with Gasteiger partial charge in [0.2, 0.25) is 0 Å². The van der Waals surface area contributed by atoms with Crippen LogP contribution in [0.4, 0.5) is 0 Å². The molecule has 6 aromatic carbocycles. The molecule has 9 rings (SSSR count). The lowest BCUT2D eigenvalue weighted by Crippen LogP contribution is -2.15. The molecule has 0 aliphatic heterocycles. The van der Waals surface area contributed by atoms with Gasteiger partial charge in [-0.25, -0.2) is 0 Å². The predicted molar refractivity (Wildman–Crippen MR) is 177 cm³/mol. The van der Waals surface area contributed by atoms with Crippen molar-refractivity contribution >= 4 is 53.3 Å². The van der Waals surface area contributed by atoms with Gasteiger partial charge >= 0.3 is 0 Å². The Morgan fingerprint density at radius 2 is 1.22 bits per heavy atom. The van der Waals surface area contributed by atoms with Gasteiger partial charge in [-0.15, -0.1) is 11.3 Å². The Morgan fingerprint density at radius 3 is 2.10 bits per heavy atom. The topological polar surface area (TPSA) is 4.93 Å². The zero-order valence-corrected chi connectivity index (χ0v) is 23.8. The summed E-state index contributed by atoms with van der Waals surface area (Å²) in [6.45, 7) is 4.78. The van der Waals surface area contributed by atoms with E-state index in [2.05, 4.69) is 146 Å². The number of fused-ring (bicyclic) bond motifs is 9. The molecule has 41 heavy (non-hydrogen) atoms. The molecule has 0 bridgehead atoms. The number of rotatable bonds is 2. The molecule has 2 heterocycles. The predicted octanol–water partition coefficient (Wildman–Crippen LogP) is 11.1. The van der Waals surface area contributed by atoms with Crippen molar-refractivity contribution in [2.24, 2.45) is 0 Å². The van der Waals surface area contributed by atoms with Gasteiger partial charge in [-0.05, 0) is 75.8 Å². The van der Waals surface area contributed by atoms with E-state index in [0.717, 1.165) is 0 Å². The second-order valence-electron chi connectivity index (χ2n) is 11.8. The number of hydrogen-bond donors (Lipinski definition) is 0. The molecule has 194 valence electrons. The lowest BCUT2D eigenvalue weighted by atomic mass is 9.82. The van der Waals surface area contributed by atoms with Gasteiger partial charge in [0.25, 0.3) is 0 Å². The summed E-state index contributed by atoms with van der Waals surface area (Å²) in [4.78, 5) is 0. The molecule has 0 saturated heterocycles. The molecule has 0 spiro atoms. The van der Waals surface area contributed by atoms with Crippen molar-refractivity contribution < 1.29 is 0 Å². The minimum atomic E-state index is -0.0914. The fraction of sp³-hybridized carbons (Fsp3) is 0.0769. The summed E-state index contributed by atoms with van der Waals surface area (Å²) in [5, 5.41) is 5.32. The van der Waals surface area contributed by atoms with Crippen LogP contribution in [0.15, 0.2) is 127 Å². The molecule has 0 N–H and O–H groups in total. The van der Waals surface area contributed by atoms with E-state index in [0.29, 0.717) is 0 Å². The zero-order valence-electron chi connectivity index (χ0n) is 23.0. The first-order chi connectivity index (χ1) is 20.1. The lowest BCUT2D eigenvalue weighted by Gasteiger charge is -2.22. The maximum Gasteiger partial charge on any atom is 0.0547 e. The van der Waals surface area contributed by atoms with Crippen molar-refractivity contribution in [3.63, 3.8) is 0 Å². The average molecular weight is 542 g/mol. The Labute approximate surface area is 242 Å². The summed E-state index contributed by atoms with van der Waals surface area (Å²) < 4.78 is 5.19. The van der Waals surface area contributed by atoms with E-state index < -0.39 is 0 Å². The SMILES string of the molecule is CC1(C)c2cc(-n3c4ccccc4c4ccc(-c5ccccc5)cc43)ccc2-c2cc3sc4ccccc4c3cc21. The molecule has 2 aromatic heterocycles. The summed E-state index contributed by atoms with van der Waals surface area (Å²) >= 11 is 1.90. The molecule has 0 atom stereocenters. The van der Waals surface area contributed by atoms with Gasteiger partial charge in [0.1, 0.15) is 0 Å². The van der Waals surface area contributed by atoms with Crippen LogP contribution in [0.2, 0.25) is 0 Å².